The van der Waals surface area contributed by atoms with E-state index in [0.717, 1.165) is 16.9 Å². The summed E-state index contributed by atoms with van der Waals surface area (Å²) < 4.78 is 24.2. The molecule has 1 heterocycles. The molecule has 1 aliphatic rings. The molecule has 1 atom stereocenters. The van der Waals surface area contributed by atoms with Gasteiger partial charge in [-0.05, 0) is 41.8 Å². The molecule has 0 bridgehead atoms. The van der Waals surface area contributed by atoms with Crippen LogP contribution in [0.3, 0.4) is 0 Å². The summed E-state index contributed by atoms with van der Waals surface area (Å²) in [6.07, 6.45) is 0.569. The summed E-state index contributed by atoms with van der Waals surface area (Å²) in [5, 5.41) is 0.113. The maximum atomic E-state index is 13.2. The van der Waals surface area contributed by atoms with Gasteiger partial charge in [0.05, 0.1) is 5.02 Å². The van der Waals surface area contributed by atoms with Crippen LogP contribution in [-0.2, 0) is 6.42 Å². The van der Waals surface area contributed by atoms with Gasteiger partial charge in [-0.25, -0.2) is 4.39 Å². The Morgan fingerprint density at radius 1 is 1.10 bits per heavy atom. The summed E-state index contributed by atoms with van der Waals surface area (Å²) in [6, 6.07) is 10.1. The number of halogens is 2. The Hall–Kier alpha value is -1.78. The van der Waals surface area contributed by atoms with E-state index in [4.69, 9.17) is 26.8 Å². The Morgan fingerprint density at radius 3 is 2.62 bits per heavy atom. The number of nitrogens with two attached hydrogens (primary N) is 1. The van der Waals surface area contributed by atoms with Gasteiger partial charge in [-0.3, -0.25) is 0 Å². The van der Waals surface area contributed by atoms with Crippen molar-refractivity contribution in [2.75, 3.05) is 13.2 Å². The molecule has 5 heteroatoms. The number of hydrogen-bond donors (Lipinski definition) is 1. The lowest BCUT2D eigenvalue weighted by atomic mass is 9.99. The minimum absolute atomic E-state index is 0.113. The van der Waals surface area contributed by atoms with Crippen molar-refractivity contribution >= 4 is 11.6 Å². The lowest BCUT2D eigenvalue weighted by Crippen LogP contribution is -2.17. The Balaban J connectivity index is 1.78. The zero-order valence-corrected chi connectivity index (χ0v) is 12.1. The molecule has 0 spiro atoms. The van der Waals surface area contributed by atoms with Crippen molar-refractivity contribution in [2.24, 2.45) is 5.73 Å². The third-order valence-electron chi connectivity index (χ3n) is 3.43. The molecule has 21 heavy (non-hydrogen) atoms. The van der Waals surface area contributed by atoms with Gasteiger partial charge in [0.25, 0.3) is 0 Å². The molecule has 0 aromatic heterocycles. The summed E-state index contributed by atoms with van der Waals surface area (Å²) in [4.78, 5) is 0. The first-order valence-corrected chi connectivity index (χ1v) is 7.10. The van der Waals surface area contributed by atoms with Crippen molar-refractivity contribution < 1.29 is 13.9 Å². The van der Waals surface area contributed by atoms with E-state index in [0.29, 0.717) is 25.4 Å². The predicted molar refractivity (Wildman–Crippen MR) is 79.5 cm³/mol. The molecule has 0 amide bonds. The van der Waals surface area contributed by atoms with E-state index in [1.165, 1.54) is 6.07 Å². The lowest BCUT2D eigenvalue weighted by Gasteiger charge is -2.20. The quantitative estimate of drug-likeness (QED) is 0.944. The number of ether oxygens (including phenoxy) is 2. The minimum atomic E-state index is -0.423. The molecular weight excluding hydrogens is 293 g/mol. The average molecular weight is 308 g/mol. The molecule has 0 saturated heterocycles. The molecule has 1 aliphatic heterocycles. The van der Waals surface area contributed by atoms with Gasteiger partial charge >= 0.3 is 0 Å². The van der Waals surface area contributed by atoms with Gasteiger partial charge in [-0.1, -0.05) is 23.7 Å². The van der Waals surface area contributed by atoms with Crippen molar-refractivity contribution in [1.29, 1.82) is 0 Å². The number of benzene rings is 2. The lowest BCUT2D eigenvalue weighted by molar-refractivity contribution is 0.171. The molecule has 2 aromatic rings. The van der Waals surface area contributed by atoms with Gasteiger partial charge in [-0.15, -0.1) is 0 Å². The van der Waals surface area contributed by atoms with E-state index in [1.54, 1.807) is 12.1 Å². The molecule has 1 unspecified atom stereocenters. The first-order valence-electron chi connectivity index (χ1n) is 6.72. The second kappa shape index (κ2) is 5.92. The molecule has 2 N–H and O–H groups in total. The van der Waals surface area contributed by atoms with Crippen molar-refractivity contribution in [3.05, 3.63) is 58.4 Å². The molecular formula is C16H15ClFNO2. The third kappa shape index (κ3) is 3.12. The monoisotopic (exact) mass is 307 g/mol. The Kier molecular flexibility index (Phi) is 3.99. The molecule has 110 valence electrons. The highest BCUT2D eigenvalue weighted by molar-refractivity contribution is 6.30. The SMILES string of the molecule is NC(Cc1ccc(F)c(Cl)c1)c1ccc2c(c1)OCCO2. The summed E-state index contributed by atoms with van der Waals surface area (Å²) in [5.41, 5.74) is 8.05. The van der Waals surface area contributed by atoms with Crippen LogP contribution in [-0.4, -0.2) is 13.2 Å². The van der Waals surface area contributed by atoms with Gasteiger partial charge in [0.2, 0.25) is 0 Å². The molecule has 0 saturated carbocycles. The summed E-state index contributed by atoms with van der Waals surface area (Å²) >= 11 is 5.79. The largest absolute Gasteiger partial charge is 0.486 e. The van der Waals surface area contributed by atoms with Crippen molar-refractivity contribution in [2.45, 2.75) is 12.5 Å². The van der Waals surface area contributed by atoms with E-state index in [9.17, 15) is 4.39 Å². The smallest absolute Gasteiger partial charge is 0.161 e. The van der Waals surface area contributed by atoms with Gasteiger partial charge in [0.1, 0.15) is 19.0 Å². The molecule has 0 radical (unpaired) electrons. The summed E-state index contributed by atoms with van der Waals surface area (Å²) in [5.74, 6) is 1.03. The Bertz CT molecular complexity index is 663. The Labute approximate surface area is 127 Å². The normalized spacial score (nSPS) is 14.8. The third-order valence-corrected chi connectivity index (χ3v) is 3.72. The van der Waals surface area contributed by atoms with Gasteiger partial charge < -0.3 is 15.2 Å². The molecule has 0 fully saturated rings. The van der Waals surface area contributed by atoms with E-state index in [1.807, 2.05) is 18.2 Å². The highest BCUT2D eigenvalue weighted by Gasteiger charge is 2.15. The second-order valence-electron chi connectivity index (χ2n) is 4.96. The minimum Gasteiger partial charge on any atom is -0.486 e. The van der Waals surface area contributed by atoms with Crippen LogP contribution in [0.1, 0.15) is 17.2 Å². The zero-order chi connectivity index (χ0) is 14.8. The van der Waals surface area contributed by atoms with E-state index in [2.05, 4.69) is 0 Å². The fraction of sp³-hybridized carbons (Fsp3) is 0.250. The molecule has 2 aromatic carbocycles. The first kappa shape index (κ1) is 14.2. The van der Waals surface area contributed by atoms with Gasteiger partial charge in [-0.2, -0.15) is 0 Å². The second-order valence-corrected chi connectivity index (χ2v) is 5.37. The summed E-state index contributed by atoms with van der Waals surface area (Å²) in [6.45, 7) is 1.10. The fourth-order valence-electron chi connectivity index (χ4n) is 2.33. The van der Waals surface area contributed by atoms with Crippen LogP contribution in [0.25, 0.3) is 0 Å². The van der Waals surface area contributed by atoms with E-state index >= 15 is 0 Å². The number of hydrogen-bond acceptors (Lipinski definition) is 3. The van der Waals surface area contributed by atoms with Crippen LogP contribution < -0.4 is 15.2 Å². The van der Waals surface area contributed by atoms with Crippen LogP contribution in [0.4, 0.5) is 4.39 Å². The zero-order valence-electron chi connectivity index (χ0n) is 11.3. The van der Waals surface area contributed by atoms with Gasteiger partial charge in [0.15, 0.2) is 11.5 Å². The average Bonchev–Trinajstić information content (AvgIpc) is 2.50. The maximum absolute atomic E-state index is 13.2. The predicted octanol–water partition coefficient (Wildman–Crippen LogP) is 3.49. The molecule has 0 aliphatic carbocycles. The van der Waals surface area contributed by atoms with Crippen LogP contribution >= 0.6 is 11.6 Å². The van der Waals surface area contributed by atoms with Crippen molar-refractivity contribution in [1.82, 2.24) is 0 Å². The highest BCUT2D eigenvalue weighted by atomic mass is 35.5. The fourth-order valence-corrected chi connectivity index (χ4v) is 2.53. The van der Waals surface area contributed by atoms with Crippen LogP contribution in [0.2, 0.25) is 5.02 Å². The van der Waals surface area contributed by atoms with E-state index in [-0.39, 0.29) is 11.1 Å². The van der Waals surface area contributed by atoms with Crippen molar-refractivity contribution in [3.8, 4) is 11.5 Å². The highest BCUT2D eigenvalue weighted by Crippen LogP contribution is 2.33. The molecule has 3 rings (SSSR count). The maximum Gasteiger partial charge on any atom is 0.161 e. The topological polar surface area (TPSA) is 44.5 Å². The van der Waals surface area contributed by atoms with Crippen molar-refractivity contribution in [3.63, 3.8) is 0 Å². The molecule has 3 nitrogen and oxygen atoms in total. The summed E-state index contributed by atoms with van der Waals surface area (Å²) in [7, 11) is 0. The number of fused-ring (bicyclic) bond motifs is 1. The Morgan fingerprint density at radius 2 is 1.86 bits per heavy atom. The van der Waals surface area contributed by atoms with Gasteiger partial charge in [0, 0.05) is 6.04 Å². The van der Waals surface area contributed by atoms with Crippen LogP contribution in [0.15, 0.2) is 36.4 Å². The van der Waals surface area contributed by atoms with Crippen LogP contribution in [0, 0.1) is 5.82 Å². The van der Waals surface area contributed by atoms with Crippen LogP contribution in [0.5, 0.6) is 11.5 Å². The standard InChI is InChI=1S/C16H15ClFNO2/c17-12-7-10(1-3-13(12)18)8-14(19)11-2-4-15-16(9-11)21-6-5-20-15/h1-4,7,9,14H,5-6,8,19H2. The van der Waals surface area contributed by atoms with E-state index < -0.39 is 5.82 Å². The number of rotatable bonds is 3. The first-order chi connectivity index (χ1) is 10.1.